The monoisotopic (exact) mass is 876 g/mol. The number of hydrogen-bond donors (Lipinski definition) is 4. The fourth-order valence-corrected chi connectivity index (χ4v) is 9.44. The van der Waals surface area contributed by atoms with E-state index in [0.29, 0.717) is 60.4 Å². The lowest BCUT2D eigenvalue weighted by Gasteiger charge is -2.30. The molecule has 4 aliphatic rings. The van der Waals surface area contributed by atoms with Gasteiger partial charge in [-0.1, -0.05) is 25.0 Å². The van der Waals surface area contributed by atoms with Gasteiger partial charge in [0.05, 0.1) is 30.0 Å². The number of rotatable bonds is 12. The van der Waals surface area contributed by atoms with Crippen LogP contribution in [0.15, 0.2) is 42.6 Å². The fourth-order valence-electron chi connectivity index (χ4n) is 8.13. The van der Waals surface area contributed by atoms with Crippen LogP contribution in [-0.2, 0) is 35.7 Å². The Kier molecular flexibility index (Phi) is 12.6. The van der Waals surface area contributed by atoms with Gasteiger partial charge in [0.2, 0.25) is 33.6 Å². The number of likely N-dealkylation sites (N-methyl/N-ethyl adjacent to an activating group) is 1. The van der Waals surface area contributed by atoms with Gasteiger partial charge in [-0.3, -0.25) is 33.4 Å². The summed E-state index contributed by atoms with van der Waals surface area (Å²) in [7, 11) is -0.975. The van der Waals surface area contributed by atoms with E-state index >= 15 is 0 Å². The van der Waals surface area contributed by atoms with Crippen LogP contribution in [0.5, 0.6) is 17.4 Å². The molecule has 1 aromatic carbocycles. The Morgan fingerprint density at radius 3 is 2.56 bits per heavy atom. The van der Waals surface area contributed by atoms with Crippen LogP contribution in [0.25, 0.3) is 10.9 Å². The van der Waals surface area contributed by atoms with Gasteiger partial charge in [0.25, 0.3) is 11.8 Å². The summed E-state index contributed by atoms with van der Waals surface area (Å²) in [5, 5.41) is 13.1. The minimum Gasteiger partial charge on any atom is -0.496 e. The number of hydrogen-bond acceptors (Lipinski definition) is 12. The minimum absolute atomic E-state index is 0.00157. The number of sulfonamides is 1. The molecule has 2 saturated carbocycles. The van der Waals surface area contributed by atoms with Crippen molar-refractivity contribution in [3.63, 3.8) is 0 Å². The third-order valence-corrected chi connectivity index (χ3v) is 14.4. The maximum Gasteiger partial charge on any atom is 0.272 e. The lowest BCUT2D eigenvalue weighted by molar-refractivity contribution is -0.141. The predicted molar refractivity (Wildman–Crippen MR) is 227 cm³/mol. The second kappa shape index (κ2) is 17.6. The lowest BCUT2D eigenvalue weighted by Crippen LogP contribution is -2.58. The molecule has 334 valence electrons. The molecule has 4 heterocycles. The zero-order chi connectivity index (χ0) is 44.6. The molecule has 0 spiro atoms. The standard InChI is InChI=1S/C43H56N8O10S/c1-25(2)60-36-21-34(29-14-15-33(59-6)26(3)37(29)46-36)61-28-20-32-39(54)47-43(41(56)49-62(57,58)42(4)17-18-42)22-27(43)12-10-8-7-9-11-13-31(40(55)51(32)23-28)45-38(53)30-16-19-50(48-30)24-35(52)44-5/h10,12,14-16,19,21,25,27-28,31-32H,7-9,11,13,17-18,20,22-24H2,1-6H3,(H,44,52)(H,45,53)(H,47,54)(H,49,56)/b12-10-/t27-,28-,31?,32?,43-/m1/s1. The molecule has 5 atom stereocenters. The molecule has 4 N–H and O–H groups in total. The second-order valence-electron chi connectivity index (χ2n) is 17.2. The van der Waals surface area contributed by atoms with E-state index in [1.54, 1.807) is 26.2 Å². The summed E-state index contributed by atoms with van der Waals surface area (Å²) in [6.07, 6.45) is 8.22. The average molecular weight is 877 g/mol. The van der Waals surface area contributed by atoms with E-state index in [4.69, 9.17) is 19.2 Å². The van der Waals surface area contributed by atoms with Gasteiger partial charge < -0.3 is 35.1 Å². The summed E-state index contributed by atoms with van der Waals surface area (Å²) in [4.78, 5) is 75.3. The number of ether oxygens (including phenoxy) is 3. The highest BCUT2D eigenvalue weighted by Gasteiger charge is 2.63. The van der Waals surface area contributed by atoms with Crippen LogP contribution in [0.3, 0.4) is 0 Å². The Morgan fingerprint density at radius 1 is 1.08 bits per heavy atom. The summed E-state index contributed by atoms with van der Waals surface area (Å²) in [6, 6.07) is 4.47. The normalized spacial score (nSPS) is 25.3. The van der Waals surface area contributed by atoms with Crippen LogP contribution in [0.2, 0.25) is 0 Å². The molecule has 3 aromatic rings. The summed E-state index contributed by atoms with van der Waals surface area (Å²) in [6.45, 7) is 7.02. The third-order valence-electron chi connectivity index (χ3n) is 12.2. The highest BCUT2D eigenvalue weighted by atomic mass is 32.2. The van der Waals surface area contributed by atoms with Gasteiger partial charge in [-0.15, -0.1) is 0 Å². The quantitative estimate of drug-likeness (QED) is 0.193. The van der Waals surface area contributed by atoms with Crippen molar-refractivity contribution >= 4 is 50.5 Å². The van der Waals surface area contributed by atoms with Crippen LogP contribution in [0.4, 0.5) is 0 Å². The number of aryl methyl sites for hydroxylation is 1. The molecule has 7 rings (SSSR count). The minimum atomic E-state index is -4.03. The van der Waals surface area contributed by atoms with Crippen molar-refractivity contribution in [2.45, 2.75) is 127 Å². The number of fused-ring (bicyclic) bond motifs is 3. The summed E-state index contributed by atoms with van der Waals surface area (Å²) in [5.74, 6) is -2.14. The number of nitrogens with zero attached hydrogens (tertiary/aromatic N) is 4. The number of aromatic nitrogens is 3. The summed E-state index contributed by atoms with van der Waals surface area (Å²) < 4.78 is 47.3. The third kappa shape index (κ3) is 9.22. The summed E-state index contributed by atoms with van der Waals surface area (Å²) in [5.41, 5.74) is -0.236. The van der Waals surface area contributed by atoms with Crippen molar-refractivity contribution in [1.82, 2.24) is 40.3 Å². The van der Waals surface area contributed by atoms with E-state index in [9.17, 15) is 32.4 Å². The highest BCUT2D eigenvalue weighted by molar-refractivity contribution is 7.91. The maximum atomic E-state index is 14.9. The van der Waals surface area contributed by atoms with Crippen LogP contribution in [0.1, 0.15) is 94.6 Å². The smallest absolute Gasteiger partial charge is 0.272 e. The first kappa shape index (κ1) is 44.3. The van der Waals surface area contributed by atoms with Gasteiger partial charge in [0.1, 0.15) is 47.5 Å². The molecular formula is C43H56N8O10S. The van der Waals surface area contributed by atoms with Crippen molar-refractivity contribution in [3.8, 4) is 17.4 Å². The van der Waals surface area contributed by atoms with E-state index < -0.39 is 68.0 Å². The number of methoxy groups -OCH3 is 1. The van der Waals surface area contributed by atoms with Crippen LogP contribution >= 0.6 is 0 Å². The zero-order valence-electron chi connectivity index (χ0n) is 36.0. The van der Waals surface area contributed by atoms with Gasteiger partial charge in [-0.2, -0.15) is 5.10 Å². The van der Waals surface area contributed by atoms with Crippen LogP contribution in [-0.4, -0.2) is 113 Å². The molecule has 2 aliphatic heterocycles. The Hall–Kier alpha value is -5.72. The molecule has 0 bridgehead atoms. The van der Waals surface area contributed by atoms with Crippen molar-refractivity contribution < 1.29 is 46.6 Å². The first-order valence-corrected chi connectivity index (χ1v) is 22.7. The molecular weight excluding hydrogens is 821 g/mol. The maximum absolute atomic E-state index is 14.9. The lowest BCUT2D eigenvalue weighted by atomic mass is 10.0. The Balaban J connectivity index is 1.22. The molecule has 0 radical (unpaired) electrons. The number of amides is 5. The summed E-state index contributed by atoms with van der Waals surface area (Å²) >= 11 is 0. The van der Waals surface area contributed by atoms with Gasteiger partial charge in [0.15, 0.2) is 0 Å². The van der Waals surface area contributed by atoms with E-state index in [-0.39, 0.29) is 50.1 Å². The average Bonchev–Trinajstić information content (AvgIpc) is 4.01. The van der Waals surface area contributed by atoms with Gasteiger partial charge in [-0.25, -0.2) is 13.4 Å². The molecule has 5 amide bonds. The number of pyridine rings is 1. The van der Waals surface area contributed by atoms with E-state index in [0.717, 1.165) is 12.0 Å². The number of benzene rings is 1. The van der Waals surface area contributed by atoms with Crippen molar-refractivity contribution in [2.75, 3.05) is 20.7 Å². The number of allylic oxidation sites excluding steroid dienone is 1. The van der Waals surface area contributed by atoms with Gasteiger partial charge >= 0.3 is 0 Å². The molecule has 3 fully saturated rings. The first-order valence-electron chi connectivity index (χ1n) is 21.2. The SMILES string of the molecule is CNC(=O)Cn1ccc(C(=O)NC2CCCCC/C=C\[C@@H]3C[C@@]3(C(=O)NS(=O)(=O)C3(C)CC3)NC(=O)C3C[C@@H](Oc4cc(OC(C)C)nc5c(C)c(OC)ccc45)CN3C2=O)n1. The van der Waals surface area contributed by atoms with Crippen LogP contribution < -0.4 is 34.9 Å². The van der Waals surface area contributed by atoms with Gasteiger partial charge in [-0.05, 0) is 84.4 Å². The van der Waals surface area contributed by atoms with Gasteiger partial charge in [0, 0.05) is 42.6 Å². The molecule has 19 heteroatoms. The zero-order valence-corrected chi connectivity index (χ0v) is 36.8. The highest BCUT2D eigenvalue weighted by Crippen LogP contribution is 2.47. The fraction of sp³-hybridized carbons (Fsp3) is 0.558. The van der Waals surface area contributed by atoms with Crippen molar-refractivity contribution in [2.24, 2.45) is 5.92 Å². The number of carbonyl (C=O) groups excluding carboxylic acids is 5. The molecule has 1 saturated heterocycles. The topological polar surface area (TPSA) is 229 Å². The van der Waals surface area contributed by atoms with E-state index in [1.807, 2.05) is 39.0 Å². The molecule has 2 aliphatic carbocycles. The molecule has 2 aromatic heterocycles. The molecule has 18 nitrogen and oxygen atoms in total. The second-order valence-corrected chi connectivity index (χ2v) is 19.4. The van der Waals surface area contributed by atoms with Crippen molar-refractivity contribution in [1.29, 1.82) is 0 Å². The Bertz CT molecular complexity index is 2400. The molecule has 2 unspecified atom stereocenters. The Labute approximate surface area is 360 Å². The van der Waals surface area contributed by atoms with Crippen molar-refractivity contribution in [3.05, 3.63) is 53.9 Å². The first-order chi connectivity index (χ1) is 29.5. The van der Waals surface area contributed by atoms with E-state index in [1.165, 1.54) is 28.9 Å². The largest absolute Gasteiger partial charge is 0.496 e. The van der Waals surface area contributed by atoms with Crippen LogP contribution in [0, 0.1) is 12.8 Å². The van der Waals surface area contributed by atoms with E-state index in [2.05, 4.69) is 25.8 Å². The predicted octanol–water partition coefficient (Wildman–Crippen LogP) is 2.82. The Morgan fingerprint density at radius 2 is 1.85 bits per heavy atom. The number of carbonyl (C=O) groups is 5. The number of nitrogens with one attached hydrogen (secondary N) is 4. The molecule has 62 heavy (non-hydrogen) atoms.